The van der Waals surface area contributed by atoms with Gasteiger partial charge in [-0.3, -0.25) is 4.79 Å². The van der Waals surface area contributed by atoms with Crippen LogP contribution in [0, 0.1) is 0 Å². The summed E-state index contributed by atoms with van der Waals surface area (Å²) in [4.78, 5) is 14.8. The smallest absolute Gasteiger partial charge is 0.250 e. The maximum atomic E-state index is 10.7. The average molecular weight is 192 g/mol. The van der Waals surface area contributed by atoms with E-state index in [1.54, 1.807) is 12.1 Å². The minimum absolute atomic E-state index is 0.229. The van der Waals surface area contributed by atoms with Gasteiger partial charge in [-0.25, -0.2) is 4.98 Å². The van der Waals surface area contributed by atoms with Crippen LogP contribution in [0.3, 0.4) is 0 Å². The lowest BCUT2D eigenvalue weighted by molar-refractivity contribution is 0.1000. The second-order valence-corrected chi connectivity index (χ2v) is 3.45. The van der Waals surface area contributed by atoms with E-state index in [2.05, 4.69) is 10.3 Å². The number of carbonyl (C=O) groups is 1. The third-order valence-electron chi connectivity index (χ3n) is 2.22. The van der Waals surface area contributed by atoms with Gasteiger partial charge in [0.15, 0.2) is 0 Å². The lowest BCUT2D eigenvalue weighted by atomic mass is 10.3. The van der Waals surface area contributed by atoms with E-state index >= 15 is 0 Å². The van der Waals surface area contributed by atoms with Crippen molar-refractivity contribution in [2.24, 2.45) is 11.5 Å². The molecule has 0 aliphatic heterocycles. The number of hydrogen-bond donors (Lipinski definition) is 3. The SMILES string of the molecule is NC(=O)c1ccc(NC2CC2N)nc1. The van der Waals surface area contributed by atoms with E-state index in [-0.39, 0.29) is 6.04 Å². The molecule has 14 heavy (non-hydrogen) atoms. The van der Waals surface area contributed by atoms with E-state index in [9.17, 15) is 4.79 Å². The third kappa shape index (κ3) is 1.82. The van der Waals surface area contributed by atoms with Crippen LogP contribution < -0.4 is 16.8 Å². The van der Waals surface area contributed by atoms with E-state index in [1.807, 2.05) is 0 Å². The molecule has 0 saturated heterocycles. The topological polar surface area (TPSA) is 94.0 Å². The number of pyridine rings is 1. The number of nitrogens with zero attached hydrogens (tertiary/aromatic N) is 1. The highest BCUT2D eigenvalue weighted by atomic mass is 16.1. The van der Waals surface area contributed by atoms with Crippen LogP contribution >= 0.6 is 0 Å². The van der Waals surface area contributed by atoms with Crippen LogP contribution in [-0.2, 0) is 0 Å². The number of hydrogen-bond acceptors (Lipinski definition) is 4. The molecule has 2 rings (SSSR count). The highest BCUT2D eigenvalue weighted by Gasteiger charge is 2.33. The van der Waals surface area contributed by atoms with Crippen molar-refractivity contribution in [1.29, 1.82) is 0 Å². The highest BCUT2D eigenvalue weighted by molar-refractivity contribution is 5.92. The monoisotopic (exact) mass is 192 g/mol. The average Bonchev–Trinajstić information content (AvgIpc) is 2.82. The molecule has 1 aromatic heterocycles. The molecule has 5 nitrogen and oxygen atoms in total. The van der Waals surface area contributed by atoms with Gasteiger partial charge in [-0.05, 0) is 18.6 Å². The number of carbonyl (C=O) groups excluding carboxylic acids is 1. The molecule has 1 aromatic rings. The summed E-state index contributed by atoms with van der Waals surface area (Å²) in [5.41, 5.74) is 11.1. The number of amides is 1. The van der Waals surface area contributed by atoms with Crippen LogP contribution in [-0.4, -0.2) is 23.0 Å². The number of anilines is 1. The van der Waals surface area contributed by atoms with Crippen molar-refractivity contribution in [2.75, 3.05) is 5.32 Å². The molecule has 1 aliphatic carbocycles. The zero-order valence-corrected chi connectivity index (χ0v) is 7.60. The van der Waals surface area contributed by atoms with Crippen molar-refractivity contribution >= 4 is 11.7 Å². The first kappa shape index (κ1) is 8.96. The summed E-state index contributed by atoms with van der Waals surface area (Å²) in [5.74, 6) is 0.264. The normalized spacial score (nSPS) is 24.4. The van der Waals surface area contributed by atoms with E-state index in [0.29, 0.717) is 11.6 Å². The maximum absolute atomic E-state index is 10.7. The number of nitrogens with one attached hydrogen (secondary N) is 1. The number of primary amides is 1. The van der Waals surface area contributed by atoms with Gasteiger partial charge in [0.2, 0.25) is 5.91 Å². The lowest BCUT2D eigenvalue weighted by Gasteiger charge is -2.03. The van der Waals surface area contributed by atoms with E-state index < -0.39 is 5.91 Å². The number of aromatic nitrogens is 1. The Morgan fingerprint density at radius 3 is 2.71 bits per heavy atom. The molecule has 0 radical (unpaired) electrons. The van der Waals surface area contributed by atoms with Crippen molar-refractivity contribution in [3.05, 3.63) is 23.9 Å². The molecule has 1 amide bonds. The molecule has 2 atom stereocenters. The third-order valence-corrected chi connectivity index (χ3v) is 2.22. The summed E-state index contributed by atoms with van der Waals surface area (Å²) in [6.07, 6.45) is 2.43. The van der Waals surface area contributed by atoms with Gasteiger partial charge in [0.1, 0.15) is 5.82 Å². The summed E-state index contributed by atoms with van der Waals surface area (Å²) >= 11 is 0. The Morgan fingerprint density at radius 2 is 2.29 bits per heavy atom. The fourth-order valence-electron chi connectivity index (χ4n) is 1.20. The first-order valence-electron chi connectivity index (χ1n) is 4.45. The Morgan fingerprint density at radius 1 is 1.57 bits per heavy atom. The Labute approximate surface area is 81.5 Å². The Bertz CT molecular complexity index is 348. The van der Waals surface area contributed by atoms with Crippen molar-refractivity contribution in [2.45, 2.75) is 18.5 Å². The quantitative estimate of drug-likeness (QED) is 0.612. The minimum atomic E-state index is -0.466. The standard InChI is InChI=1S/C9H12N4O/c10-6-3-7(6)13-8-2-1-5(4-12-8)9(11)14/h1-2,4,6-7H,3,10H2,(H2,11,14)(H,12,13). The van der Waals surface area contributed by atoms with E-state index in [1.165, 1.54) is 6.20 Å². The van der Waals surface area contributed by atoms with Gasteiger partial charge >= 0.3 is 0 Å². The molecule has 1 heterocycles. The molecule has 74 valence electrons. The fraction of sp³-hybridized carbons (Fsp3) is 0.333. The van der Waals surface area contributed by atoms with E-state index in [0.717, 1.165) is 12.2 Å². The molecule has 0 aromatic carbocycles. The molecular weight excluding hydrogens is 180 g/mol. The molecule has 5 N–H and O–H groups in total. The largest absolute Gasteiger partial charge is 0.366 e. The van der Waals surface area contributed by atoms with Crippen LogP contribution in [0.4, 0.5) is 5.82 Å². The van der Waals surface area contributed by atoms with Gasteiger partial charge in [0.25, 0.3) is 0 Å². The van der Waals surface area contributed by atoms with Crippen LogP contribution in [0.25, 0.3) is 0 Å². The van der Waals surface area contributed by atoms with Gasteiger partial charge in [0, 0.05) is 18.3 Å². The summed E-state index contributed by atoms with van der Waals surface area (Å²) < 4.78 is 0. The summed E-state index contributed by atoms with van der Waals surface area (Å²) in [5, 5.41) is 3.14. The number of nitrogens with two attached hydrogens (primary N) is 2. The van der Waals surface area contributed by atoms with Crippen LogP contribution in [0.15, 0.2) is 18.3 Å². The van der Waals surface area contributed by atoms with Crippen molar-refractivity contribution < 1.29 is 4.79 Å². The molecular formula is C9H12N4O. The predicted octanol–water partition coefficient (Wildman–Crippen LogP) is -0.308. The van der Waals surface area contributed by atoms with Gasteiger partial charge in [-0.2, -0.15) is 0 Å². The maximum Gasteiger partial charge on any atom is 0.250 e. The fourth-order valence-corrected chi connectivity index (χ4v) is 1.20. The molecule has 0 bridgehead atoms. The molecule has 1 aliphatic rings. The van der Waals surface area contributed by atoms with Crippen molar-refractivity contribution in [3.8, 4) is 0 Å². The Balaban J connectivity index is 2.02. The predicted molar refractivity (Wildman–Crippen MR) is 52.8 cm³/mol. The molecule has 5 heteroatoms. The minimum Gasteiger partial charge on any atom is -0.366 e. The first-order chi connectivity index (χ1) is 6.66. The lowest BCUT2D eigenvalue weighted by Crippen LogP contribution is -2.15. The van der Waals surface area contributed by atoms with Gasteiger partial charge in [-0.1, -0.05) is 0 Å². The van der Waals surface area contributed by atoms with Crippen molar-refractivity contribution in [3.63, 3.8) is 0 Å². The van der Waals surface area contributed by atoms with Gasteiger partial charge in [0.05, 0.1) is 5.56 Å². The zero-order valence-electron chi connectivity index (χ0n) is 7.60. The molecule has 1 saturated carbocycles. The number of rotatable bonds is 3. The Hall–Kier alpha value is -1.62. The second kappa shape index (κ2) is 3.26. The van der Waals surface area contributed by atoms with E-state index in [4.69, 9.17) is 11.5 Å². The zero-order chi connectivity index (χ0) is 10.1. The first-order valence-corrected chi connectivity index (χ1v) is 4.45. The second-order valence-electron chi connectivity index (χ2n) is 3.45. The van der Waals surface area contributed by atoms with Crippen LogP contribution in [0.2, 0.25) is 0 Å². The van der Waals surface area contributed by atoms with Crippen LogP contribution in [0.1, 0.15) is 16.8 Å². The molecule has 1 fully saturated rings. The van der Waals surface area contributed by atoms with Crippen LogP contribution in [0.5, 0.6) is 0 Å². The van der Waals surface area contributed by atoms with Gasteiger partial charge in [-0.15, -0.1) is 0 Å². The summed E-state index contributed by atoms with van der Waals surface area (Å²) in [6.45, 7) is 0. The highest BCUT2D eigenvalue weighted by Crippen LogP contribution is 2.22. The van der Waals surface area contributed by atoms with Crippen molar-refractivity contribution in [1.82, 2.24) is 4.98 Å². The van der Waals surface area contributed by atoms with Gasteiger partial charge < -0.3 is 16.8 Å². The molecule has 0 spiro atoms. The molecule has 2 unspecified atom stereocenters. The summed E-state index contributed by atoms with van der Waals surface area (Å²) in [6, 6.07) is 3.92. The Kier molecular flexibility index (Phi) is 2.09. The summed E-state index contributed by atoms with van der Waals surface area (Å²) in [7, 11) is 0.